The van der Waals surface area contributed by atoms with E-state index in [4.69, 9.17) is 0 Å². The summed E-state index contributed by atoms with van der Waals surface area (Å²) in [6.07, 6.45) is 7.70. The minimum Gasteiger partial charge on any atom is -0.340 e. The second kappa shape index (κ2) is 7.36. The lowest BCUT2D eigenvalue weighted by molar-refractivity contribution is 0.601. The fraction of sp³-hybridized carbons (Fsp3) is 0.211. The number of nitrogens with zero attached hydrogens (tertiary/aromatic N) is 3. The van der Waals surface area contributed by atoms with Gasteiger partial charge in [-0.15, -0.1) is 22.7 Å². The second-order valence-electron chi connectivity index (χ2n) is 6.71. The molecule has 0 spiro atoms. The standard InChI is InChI=1S/C19H17N5O2S3/c25-29(26,24-19-20-9-10-27-19)13-7-5-12(6-8-13)23-17-16-14-3-1-2-4-15(14)28-18(16)22-11-21-17/h5-11H,1-4H2,(H,20,24)(H,21,22,23). The van der Waals surface area contributed by atoms with E-state index in [-0.39, 0.29) is 4.90 Å². The van der Waals surface area contributed by atoms with Crippen molar-refractivity contribution in [2.24, 2.45) is 0 Å². The van der Waals surface area contributed by atoms with Gasteiger partial charge in [0.2, 0.25) is 0 Å². The number of thiophene rings is 1. The summed E-state index contributed by atoms with van der Waals surface area (Å²) in [4.78, 5) is 15.4. The van der Waals surface area contributed by atoms with Crippen LogP contribution in [0.5, 0.6) is 0 Å². The number of anilines is 3. The minimum atomic E-state index is -3.66. The van der Waals surface area contributed by atoms with Crippen LogP contribution >= 0.6 is 22.7 Å². The summed E-state index contributed by atoms with van der Waals surface area (Å²) in [7, 11) is -3.66. The maximum Gasteiger partial charge on any atom is 0.263 e. The van der Waals surface area contributed by atoms with Gasteiger partial charge in [-0.05, 0) is 55.5 Å². The van der Waals surface area contributed by atoms with Crippen LogP contribution in [-0.4, -0.2) is 23.4 Å². The van der Waals surface area contributed by atoms with Crippen LogP contribution in [-0.2, 0) is 22.9 Å². The predicted octanol–water partition coefficient (Wildman–Crippen LogP) is 4.57. The van der Waals surface area contributed by atoms with Gasteiger partial charge < -0.3 is 5.32 Å². The Hall–Kier alpha value is -2.56. The van der Waals surface area contributed by atoms with E-state index in [1.807, 2.05) is 0 Å². The van der Waals surface area contributed by atoms with Gasteiger partial charge in [0.15, 0.2) is 5.13 Å². The second-order valence-corrected chi connectivity index (χ2v) is 10.4. The molecular formula is C19H17N5O2S3. The topological polar surface area (TPSA) is 96.9 Å². The Morgan fingerprint density at radius 2 is 1.83 bits per heavy atom. The summed E-state index contributed by atoms with van der Waals surface area (Å²) in [5, 5.41) is 6.49. The molecule has 5 rings (SSSR count). The lowest BCUT2D eigenvalue weighted by Gasteiger charge is -2.12. The zero-order valence-electron chi connectivity index (χ0n) is 15.3. The van der Waals surface area contributed by atoms with Gasteiger partial charge in [-0.25, -0.2) is 23.4 Å². The first-order valence-corrected chi connectivity index (χ1v) is 12.3. The van der Waals surface area contributed by atoms with Crippen molar-refractivity contribution in [2.45, 2.75) is 30.6 Å². The number of aromatic nitrogens is 3. The summed E-state index contributed by atoms with van der Waals surface area (Å²) in [5.74, 6) is 0.769. The van der Waals surface area contributed by atoms with E-state index in [1.54, 1.807) is 53.5 Å². The molecule has 0 bridgehead atoms. The van der Waals surface area contributed by atoms with Gasteiger partial charge in [-0.2, -0.15) is 0 Å². The average molecular weight is 444 g/mol. The molecule has 1 aliphatic carbocycles. The highest BCUT2D eigenvalue weighted by molar-refractivity contribution is 7.93. The average Bonchev–Trinajstić information content (AvgIpc) is 3.35. The van der Waals surface area contributed by atoms with Gasteiger partial charge in [0.25, 0.3) is 10.0 Å². The first kappa shape index (κ1) is 18.5. The highest BCUT2D eigenvalue weighted by Crippen LogP contribution is 2.38. The third-order valence-corrected chi connectivity index (χ3v) is 8.21. The summed E-state index contributed by atoms with van der Waals surface area (Å²) in [6.45, 7) is 0. The van der Waals surface area contributed by atoms with Crippen molar-refractivity contribution in [3.8, 4) is 0 Å². The largest absolute Gasteiger partial charge is 0.340 e. The van der Waals surface area contributed by atoms with Gasteiger partial charge in [-0.1, -0.05) is 0 Å². The molecule has 0 radical (unpaired) electrons. The molecule has 1 aliphatic rings. The summed E-state index contributed by atoms with van der Waals surface area (Å²) < 4.78 is 27.4. The highest BCUT2D eigenvalue weighted by atomic mass is 32.2. The number of sulfonamides is 1. The van der Waals surface area contributed by atoms with Crippen LogP contribution < -0.4 is 10.0 Å². The molecule has 0 atom stereocenters. The van der Waals surface area contributed by atoms with Crippen LogP contribution in [0.2, 0.25) is 0 Å². The third-order valence-electron chi connectivity index (χ3n) is 4.83. The quantitative estimate of drug-likeness (QED) is 0.469. The number of fused-ring (bicyclic) bond motifs is 3. The molecule has 0 fully saturated rings. The van der Waals surface area contributed by atoms with Gasteiger partial charge in [0.1, 0.15) is 17.0 Å². The van der Waals surface area contributed by atoms with Crippen LogP contribution in [0, 0.1) is 0 Å². The lowest BCUT2D eigenvalue weighted by Crippen LogP contribution is -2.12. The Labute approximate surface area is 175 Å². The van der Waals surface area contributed by atoms with Crippen molar-refractivity contribution in [1.82, 2.24) is 15.0 Å². The fourth-order valence-corrected chi connectivity index (χ4v) is 6.50. The highest BCUT2D eigenvalue weighted by Gasteiger charge is 2.20. The molecule has 7 nitrogen and oxygen atoms in total. The molecule has 0 saturated heterocycles. The molecule has 0 aliphatic heterocycles. The van der Waals surface area contributed by atoms with Crippen molar-refractivity contribution in [2.75, 3.05) is 10.0 Å². The summed E-state index contributed by atoms with van der Waals surface area (Å²) >= 11 is 2.98. The molecule has 1 aromatic carbocycles. The SMILES string of the molecule is O=S(=O)(Nc1nccs1)c1ccc(Nc2ncnc3sc4c(c23)CCCC4)cc1. The number of rotatable bonds is 5. The van der Waals surface area contributed by atoms with Crippen molar-refractivity contribution in [1.29, 1.82) is 0 Å². The van der Waals surface area contributed by atoms with Gasteiger partial charge in [0, 0.05) is 22.1 Å². The van der Waals surface area contributed by atoms with E-state index in [1.165, 1.54) is 34.6 Å². The smallest absolute Gasteiger partial charge is 0.263 e. The first-order chi connectivity index (χ1) is 14.1. The van der Waals surface area contributed by atoms with Crippen LogP contribution in [0.4, 0.5) is 16.6 Å². The van der Waals surface area contributed by atoms with Crippen molar-refractivity contribution < 1.29 is 8.42 Å². The lowest BCUT2D eigenvalue weighted by atomic mass is 9.97. The molecule has 0 amide bonds. The Kier molecular flexibility index (Phi) is 4.69. The third kappa shape index (κ3) is 3.59. The molecular weight excluding hydrogens is 426 g/mol. The molecule has 148 valence electrons. The molecule has 10 heteroatoms. The molecule has 29 heavy (non-hydrogen) atoms. The van der Waals surface area contributed by atoms with E-state index in [9.17, 15) is 8.42 Å². The monoisotopic (exact) mass is 443 g/mol. The van der Waals surface area contributed by atoms with Crippen molar-refractivity contribution in [3.63, 3.8) is 0 Å². The Morgan fingerprint density at radius 1 is 1.00 bits per heavy atom. The maximum absolute atomic E-state index is 12.5. The molecule has 0 saturated carbocycles. The van der Waals surface area contributed by atoms with Gasteiger partial charge in [0.05, 0.1) is 10.3 Å². The zero-order valence-corrected chi connectivity index (χ0v) is 17.7. The Balaban J connectivity index is 1.42. The van der Waals surface area contributed by atoms with E-state index >= 15 is 0 Å². The predicted molar refractivity (Wildman–Crippen MR) is 117 cm³/mol. The normalized spacial score (nSPS) is 13.9. The number of thiazole rings is 1. The van der Waals surface area contributed by atoms with Crippen LogP contribution in [0.1, 0.15) is 23.3 Å². The van der Waals surface area contributed by atoms with E-state index in [0.717, 1.165) is 34.6 Å². The van der Waals surface area contributed by atoms with Crippen molar-refractivity contribution in [3.05, 3.63) is 52.6 Å². The number of aryl methyl sites for hydroxylation is 2. The van der Waals surface area contributed by atoms with Crippen LogP contribution in [0.15, 0.2) is 47.1 Å². The van der Waals surface area contributed by atoms with Crippen LogP contribution in [0.3, 0.4) is 0 Å². The molecule has 3 aromatic heterocycles. The number of nitrogens with one attached hydrogen (secondary N) is 2. The number of hydrogen-bond acceptors (Lipinski definition) is 8. The maximum atomic E-state index is 12.5. The van der Waals surface area contributed by atoms with Gasteiger partial charge >= 0.3 is 0 Å². The zero-order chi connectivity index (χ0) is 19.8. The molecule has 2 N–H and O–H groups in total. The van der Waals surface area contributed by atoms with Gasteiger partial charge in [-0.3, -0.25) is 4.72 Å². The molecule has 4 aromatic rings. The fourth-order valence-electron chi connectivity index (χ4n) is 3.49. The Bertz CT molecular complexity index is 1270. The summed E-state index contributed by atoms with van der Waals surface area (Å²) in [5.41, 5.74) is 2.13. The number of hydrogen-bond donors (Lipinski definition) is 2. The van der Waals surface area contributed by atoms with Crippen LogP contribution in [0.25, 0.3) is 10.2 Å². The van der Waals surface area contributed by atoms with E-state index in [0.29, 0.717) is 5.13 Å². The van der Waals surface area contributed by atoms with E-state index in [2.05, 4.69) is 25.0 Å². The molecule has 3 heterocycles. The molecule has 0 unspecified atom stereocenters. The first-order valence-electron chi connectivity index (χ1n) is 9.15. The Morgan fingerprint density at radius 3 is 2.62 bits per heavy atom. The summed E-state index contributed by atoms with van der Waals surface area (Å²) in [6, 6.07) is 6.62. The van der Waals surface area contributed by atoms with E-state index < -0.39 is 10.0 Å². The van der Waals surface area contributed by atoms with Crippen molar-refractivity contribution >= 4 is 59.6 Å². The minimum absolute atomic E-state index is 0.180. The number of benzene rings is 1.